The molecule has 0 bridgehead atoms. The Bertz CT molecular complexity index is 247. The molecule has 1 rings (SSSR count). The summed E-state index contributed by atoms with van der Waals surface area (Å²) in [5.74, 6) is 0.289. The second-order valence-corrected chi connectivity index (χ2v) is 4.75. The molecule has 0 spiro atoms. The first-order valence-electron chi connectivity index (χ1n) is 6.27. The second-order valence-electron chi connectivity index (χ2n) is 4.75. The van der Waals surface area contributed by atoms with Crippen LogP contribution in [0.4, 0.5) is 0 Å². The van der Waals surface area contributed by atoms with Gasteiger partial charge in [-0.3, -0.25) is 4.79 Å². The highest BCUT2D eigenvalue weighted by Gasteiger charge is 2.25. The first kappa shape index (κ1) is 13.1. The van der Waals surface area contributed by atoms with Crippen molar-refractivity contribution in [1.82, 2.24) is 4.90 Å². The van der Waals surface area contributed by atoms with E-state index in [1.165, 1.54) is 0 Å². The average molecular weight is 225 g/mol. The van der Waals surface area contributed by atoms with Crippen molar-refractivity contribution in [3.8, 4) is 0 Å². The summed E-state index contributed by atoms with van der Waals surface area (Å²) in [6.45, 7) is 9.54. The molecule has 4 nitrogen and oxygen atoms in total. The predicted octanol–water partition coefficient (Wildman–Crippen LogP) is 2.49. The summed E-state index contributed by atoms with van der Waals surface area (Å²) in [6, 6.07) is 0.360. The molecule has 0 saturated heterocycles. The topological polar surface area (TPSA) is 45.0 Å². The summed E-state index contributed by atoms with van der Waals surface area (Å²) >= 11 is 0. The standard InChI is InChI=1S/C12H23N3O/c1-5-10-7-15(12(16)9(3)4)8-11(6-2)14-13-10/h9-11H,5-8H2,1-4H3. The van der Waals surface area contributed by atoms with Gasteiger partial charge in [-0.1, -0.05) is 27.7 Å². The largest absolute Gasteiger partial charge is 0.338 e. The van der Waals surface area contributed by atoms with Crippen molar-refractivity contribution >= 4 is 5.91 Å². The van der Waals surface area contributed by atoms with Crippen molar-refractivity contribution in [3.05, 3.63) is 0 Å². The Kier molecular flexibility index (Phi) is 4.90. The van der Waals surface area contributed by atoms with Gasteiger partial charge in [0.25, 0.3) is 0 Å². The molecular weight excluding hydrogens is 202 g/mol. The lowest BCUT2D eigenvalue weighted by molar-refractivity contribution is -0.134. The number of hydrogen-bond acceptors (Lipinski definition) is 3. The quantitative estimate of drug-likeness (QED) is 0.727. The number of carbonyl (C=O) groups is 1. The summed E-state index contributed by atoms with van der Waals surface area (Å²) in [4.78, 5) is 14.0. The minimum atomic E-state index is 0.0631. The van der Waals surface area contributed by atoms with E-state index in [1.807, 2.05) is 18.7 Å². The molecule has 0 aromatic heterocycles. The molecule has 0 aliphatic carbocycles. The second kappa shape index (κ2) is 5.97. The highest BCUT2D eigenvalue weighted by atomic mass is 16.2. The smallest absolute Gasteiger partial charge is 0.225 e. The normalized spacial score (nSPS) is 25.9. The third-order valence-corrected chi connectivity index (χ3v) is 3.00. The Labute approximate surface area is 98.1 Å². The number of nitrogens with zero attached hydrogens (tertiary/aromatic N) is 3. The van der Waals surface area contributed by atoms with E-state index in [1.54, 1.807) is 0 Å². The van der Waals surface area contributed by atoms with Crippen LogP contribution >= 0.6 is 0 Å². The van der Waals surface area contributed by atoms with Crippen molar-refractivity contribution in [2.24, 2.45) is 16.1 Å². The van der Waals surface area contributed by atoms with Gasteiger partial charge in [0.15, 0.2) is 0 Å². The van der Waals surface area contributed by atoms with Crippen molar-refractivity contribution in [1.29, 1.82) is 0 Å². The molecule has 0 aromatic carbocycles. The number of hydrogen-bond donors (Lipinski definition) is 0. The SMILES string of the molecule is CCC1CN(C(=O)C(C)C)CC(CC)N=N1. The molecule has 1 amide bonds. The van der Waals surface area contributed by atoms with E-state index in [-0.39, 0.29) is 23.9 Å². The molecular formula is C12H23N3O. The lowest BCUT2D eigenvalue weighted by Crippen LogP contribution is -2.41. The van der Waals surface area contributed by atoms with Crippen LogP contribution in [0.15, 0.2) is 10.2 Å². The van der Waals surface area contributed by atoms with E-state index in [0.717, 1.165) is 25.9 Å². The summed E-state index contributed by atoms with van der Waals surface area (Å²) < 4.78 is 0. The summed E-state index contributed by atoms with van der Waals surface area (Å²) in [5.41, 5.74) is 0. The number of carbonyl (C=O) groups excluding carboxylic acids is 1. The molecule has 92 valence electrons. The minimum Gasteiger partial charge on any atom is -0.338 e. The first-order valence-corrected chi connectivity index (χ1v) is 6.27. The van der Waals surface area contributed by atoms with Crippen molar-refractivity contribution in [2.45, 2.75) is 52.6 Å². The molecule has 2 atom stereocenters. The summed E-state index contributed by atoms with van der Waals surface area (Å²) in [5, 5.41) is 8.63. The zero-order chi connectivity index (χ0) is 12.1. The van der Waals surface area contributed by atoms with Gasteiger partial charge in [0.1, 0.15) is 0 Å². The van der Waals surface area contributed by atoms with E-state index >= 15 is 0 Å². The van der Waals surface area contributed by atoms with Gasteiger partial charge in [0.2, 0.25) is 5.91 Å². The molecule has 16 heavy (non-hydrogen) atoms. The molecule has 0 fully saturated rings. The fourth-order valence-corrected chi connectivity index (χ4v) is 1.81. The van der Waals surface area contributed by atoms with E-state index in [4.69, 9.17) is 0 Å². The molecule has 0 aromatic rings. The van der Waals surface area contributed by atoms with Gasteiger partial charge >= 0.3 is 0 Å². The van der Waals surface area contributed by atoms with Crippen molar-refractivity contribution in [2.75, 3.05) is 13.1 Å². The van der Waals surface area contributed by atoms with Crippen LogP contribution in [0.5, 0.6) is 0 Å². The first-order chi connectivity index (χ1) is 7.58. The average Bonchev–Trinajstić information content (AvgIpc) is 2.49. The maximum Gasteiger partial charge on any atom is 0.225 e. The zero-order valence-corrected chi connectivity index (χ0v) is 10.8. The van der Waals surface area contributed by atoms with Crippen molar-refractivity contribution < 1.29 is 4.79 Å². The van der Waals surface area contributed by atoms with Gasteiger partial charge in [-0.15, -0.1) is 0 Å². The molecule has 0 radical (unpaired) electrons. The van der Waals surface area contributed by atoms with E-state index < -0.39 is 0 Å². The van der Waals surface area contributed by atoms with Crippen LogP contribution in [-0.4, -0.2) is 36.0 Å². The molecule has 1 aliphatic heterocycles. The minimum absolute atomic E-state index is 0.0631. The van der Waals surface area contributed by atoms with Gasteiger partial charge in [-0.25, -0.2) is 0 Å². The van der Waals surface area contributed by atoms with Crippen LogP contribution in [0.3, 0.4) is 0 Å². The molecule has 4 heteroatoms. The highest BCUT2D eigenvalue weighted by molar-refractivity contribution is 5.78. The third-order valence-electron chi connectivity index (χ3n) is 3.00. The van der Waals surface area contributed by atoms with Crippen LogP contribution in [0.2, 0.25) is 0 Å². The third kappa shape index (κ3) is 3.29. The van der Waals surface area contributed by atoms with E-state index in [9.17, 15) is 4.79 Å². The van der Waals surface area contributed by atoms with Gasteiger partial charge in [0.05, 0.1) is 12.1 Å². The van der Waals surface area contributed by atoms with Crippen molar-refractivity contribution in [3.63, 3.8) is 0 Å². The Balaban J connectivity index is 2.74. The summed E-state index contributed by atoms with van der Waals surface area (Å²) in [6.07, 6.45) is 1.89. The number of rotatable bonds is 3. The lowest BCUT2D eigenvalue weighted by atomic mass is 10.1. The maximum absolute atomic E-state index is 12.0. The van der Waals surface area contributed by atoms with Gasteiger partial charge < -0.3 is 4.90 Å². The molecule has 1 aliphatic rings. The van der Waals surface area contributed by atoms with Crippen LogP contribution in [0, 0.1) is 5.92 Å². The Morgan fingerprint density at radius 3 is 1.94 bits per heavy atom. The fourth-order valence-electron chi connectivity index (χ4n) is 1.81. The van der Waals surface area contributed by atoms with Crippen LogP contribution in [0.1, 0.15) is 40.5 Å². The molecule has 0 saturated carbocycles. The Hall–Kier alpha value is -0.930. The number of amides is 1. The van der Waals surface area contributed by atoms with Gasteiger partial charge in [0, 0.05) is 19.0 Å². The Morgan fingerprint density at radius 2 is 1.62 bits per heavy atom. The van der Waals surface area contributed by atoms with Crippen LogP contribution in [0.25, 0.3) is 0 Å². The van der Waals surface area contributed by atoms with Gasteiger partial charge in [-0.2, -0.15) is 10.2 Å². The van der Waals surface area contributed by atoms with Gasteiger partial charge in [-0.05, 0) is 12.8 Å². The van der Waals surface area contributed by atoms with Crippen LogP contribution in [-0.2, 0) is 4.79 Å². The number of azo groups is 1. The van der Waals surface area contributed by atoms with E-state index in [2.05, 4.69) is 24.1 Å². The van der Waals surface area contributed by atoms with Crippen LogP contribution < -0.4 is 0 Å². The summed E-state index contributed by atoms with van der Waals surface area (Å²) in [7, 11) is 0. The molecule has 0 N–H and O–H groups in total. The maximum atomic E-state index is 12.0. The highest BCUT2D eigenvalue weighted by Crippen LogP contribution is 2.15. The monoisotopic (exact) mass is 225 g/mol. The van der Waals surface area contributed by atoms with E-state index in [0.29, 0.717) is 0 Å². The zero-order valence-electron chi connectivity index (χ0n) is 10.8. The fraction of sp³-hybridized carbons (Fsp3) is 0.917. The molecule has 1 heterocycles. The lowest BCUT2D eigenvalue weighted by Gasteiger charge is -2.25. The molecule has 2 unspecified atom stereocenters. The Morgan fingerprint density at radius 1 is 1.19 bits per heavy atom. The predicted molar refractivity (Wildman–Crippen MR) is 64.4 cm³/mol.